The van der Waals surface area contributed by atoms with Gasteiger partial charge in [-0.2, -0.15) is 0 Å². The molecule has 0 spiro atoms. The van der Waals surface area contributed by atoms with Gasteiger partial charge in [0.2, 0.25) is 0 Å². The molecule has 122 valence electrons. The molecule has 0 heterocycles. The van der Waals surface area contributed by atoms with E-state index in [2.05, 4.69) is 5.32 Å². The molecule has 0 bridgehead atoms. The Balaban J connectivity index is 2.04. The maximum Gasteiger partial charge on any atom is 0.317 e. The van der Waals surface area contributed by atoms with Crippen LogP contribution >= 0.6 is 23.2 Å². The summed E-state index contributed by atoms with van der Waals surface area (Å²) in [6.45, 7) is 1.91. The molecule has 2 rings (SSSR count). The molecule has 0 radical (unpaired) electrons. The molecule has 0 saturated carbocycles. The van der Waals surface area contributed by atoms with Crippen LogP contribution in [0.3, 0.4) is 0 Å². The molecule has 1 N–H and O–H groups in total. The Morgan fingerprint density at radius 3 is 2.48 bits per heavy atom. The van der Waals surface area contributed by atoms with Crippen LogP contribution in [-0.4, -0.2) is 18.0 Å². The minimum absolute atomic E-state index is 0.0760. The highest BCUT2D eigenvalue weighted by Gasteiger charge is 2.17. The molecular weight excluding hydrogens is 338 g/mol. The van der Waals surface area contributed by atoms with Crippen molar-refractivity contribution in [2.24, 2.45) is 0 Å². The fourth-order valence-corrected chi connectivity index (χ4v) is 2.71. The van der Waals surface area contributed by atoms with Gasteiger partial charge in [0, 0.05) is 22.7 Å². The van der Waals surface area contributed by atoms with E-state index >= 15 is 0 Å². The number of hydrogen-bond donors (Lipinski definition) is 1. The summed E-state index contributed by atoms with van der Waals surface area (Å²) >= 11 is 12.1. The third-order valence-electron chi connectivity index (χ3n) is 3.52. The quantitative estimate of drug-likeness (QED) is 0.819. The Bertz CT molecular complexity index is 688. The summed E-state index contributed by atoms with van der Waals surface area (Å²) in [5, 5.41) is 3.71. The fraction of sp³-hybridized carbons (Fsp3) is 0.235. The number of amides is 2. The number of rotatable bonds is 4. The lowest BCUT2D eigenvalue weighted by Gasteiger charge is -2.22. The van der Waals surface area contributed by atoms with Crippen LogP contribution in [0.1, 0.15) is 24.1 Å². The van der Waals surface area contributed by atoms with E-state index in [4.69, 9.17) is 23.2 Å². The number of hydrogen-bond acceptors (Lipinski definition) is 1. The van der Waals surface area contributed by atoms with E-state index < -0.39 is 5.82 Å². The van der Waals surface area contributed by atoms with Crippen LogP contribution in [0.4, 0.5) is 9.18 Å². The number of carbonyl (C=O) groups is 1. The lowest BCUT2D eigenvalue weighted by molar-refractivity contribution is 0.203. The van der Waals surface area contributed by atoms with Crippen LogP contribution in [0.15, 0.2) is 42.5 Å². The Labute approximate surface area is 145 Å². The summed E-state index contributed by atoms with van der Waals surface area (Å²) in [6, 6.07) is 11.1. The van der Waals surface area contributed by atoms with Gasteiger partial charge in [-0.15, -0.1) is 0 Å². The van der Waals surface area contributed by atoms with Crippen LogP contribution in [0.25, 0.3) is 0 Å². The Morgan fingerprint density at radius 2 is 1.83 bits per heavy atom. The highest BCUT2D eigenvalue weighted by molar-refractivity contribution is 6.31. The SMILES string of the molecule is CC(NC(=O)N(C)Cc1c(F)cccc1Cl)c1ccccc1Cl. The number of benzene rings is 2. The molecule has 2 amide bonds. The molecule has 0 aliphatic rings. The second kappa shape index (κ2) is 7.66. The van der Waals surface area contributed by atoms with Crippen molar-refractivity contribution in [2.75, 3.05) is 7.05 Å². The van der Waals surface area contributed by atoms with Crippen molar-refractivity contribution in [1.82, 2.24) is 10.2 Å². The zero-order valence-corrected chi connectivity index (χ0v) is 14.3. The Kier molecular flexibility index (Phi) is 5.85. The molecule has 1 atom stereocenters. The first-order valence-electron chi connectivity index (χ1n) is 7.09. The monoisotopic (exact) mass is 354 g/mol. The summed E-state index contributed by atoms with van der Waals surface area (Å²) in [4.78, 5) is 13.6. The van der Waals surface area contributed by atoms with E-state index in [9.17, 15) is 9.18 Å². The van der Waals surface area contributed by atoms with Gasteiger partial charge in [0.15, 0.2) is 0 Å². The maximum absolute atomic E-state index is 13.8. The van der Waals surface area contributed by atoms with Crippen molar-refractivity contribution < 1.29 is 9.18 Å². The topological polar surface area (TPSA) is 32.3 Å². The van der Waals surface area contributed by atoms with Crippen LogP contribution in [0, 0.1) is 5.82 Å². The van der Waals surface area contributed by atoms with Gasteiger partial charge in [0.1, 0.15) is 5.82 Å². The molecule has 0 aromatic heterocycles. The van der Waals surface area contributed by atoms with Crippen molar-refractivity contribution in [2.45, 2.75) is 19.5 Å². The van der Waals surface area contributed by atoms with Gasteiger partial charge in [-0.25, -0.2) is 9.18 Å². The highest BCUT2D eigenvalue weighted by atomic mass is 35.5. The third kappa shape index (κ3) is 4.36. The lowest BCUT2D eigenvalue weighted by Crippen LogP contribution is -2.38. The molecule has 1 unspecified atom stereocenters. The van der Waals surface area contributed by atoms with Gasteiger partial charge in [-0.1, -0.05) is 47.5 Å². The van der Waals surface area contributed by atoms with Gasteiger partial charge >= 0.3 is 6.03 Å². The van der Waals surface area contributed by atoms with Gasteiger partial charge in [-0.3, -0.25) is 0 Å². The van der Waals surface area contributed by atoms with E-state index in [1.807, 2.05) is 25.1 Å². The second-order valence-corrected chi connectivity index (χ2v) is 6.06. The number of halogens is 3. The van der Waals surface area contributed by atoms with Gasteiger partial charge in [0.25, 0.3) is 0 Å². The van der Waals surface area contributed by atoms with Gasteiger partial charge in [0.05, 0.1) is 12.6 Å². The van der Waals surface area contributed by atoms with Crippen molar-refractivity contribution in [1.29, 1.82) is 0 Å². The summed E-state index contributed by atoms with van der Waals surface area (Å²) in [5.74, 6) is -0.434. The van der Waals surface area contributed by atoms with Crippen LogP contribution in [0.5, 0.6) is 0 Å². The number of nitrogens with zero attached hydrogens (tertiary/aromatic N) is 1. The molecule has 0 aliphatic carbocycles. The van der Waals surface area contributed by atoms with Gasteiger partial charge < -0.3 is 10.2 Å². The summed E-state index contributed by atoms with van der Waals surface area (Å²) < 4.78 is 13.8. The van der Waals surface area contributed by atoms with Crippen LogP contribution < -0.4 is 5.32 Å². The molecule has 0 fully saturated rings. The highest BCUT2D eigenvalue weighted by Crippen LogP contribution is 2.23. The fourth-order valence-electron chi connectivity index (χ4n) is 2.19. The van der Waals surface area contributed by atoms with E-state index in [-0.39, 0.29) is 24.2 Å². The molecule has 0 aliphatic heterocycles. The zero-order valence-electron chi connectivity index (χ0n) is 12.8. The first-order chi connectivity index (χ1) is 10.9. The van der Waals surface area contributed by atoms with Gasteiger partial charge in [-0.05, 0) is 30.7 Å². The summed E-state index contributed by atoms with van der Waals surface area (Å²) in [6.07, 6.45) is 0. The van der Waals surface area contributed by atoms with Crippen molar-refractivity contribution >= 4 is 29.2 Å². The summed E-state index contributed by atoms with van der Waals surface area (Å²) in [5.41, 5.74) is 1.11. The van der Waals surface area contributed by atoms with Crippen LogP contribution in [0.2, 0.25) is 10.0 Å². The Hall–Kier alpha value is -1.78. The first kappa shape index (κ1) is 17.6. The molecule has 23 heavy (non-hydrogen) atoms. The average molecular weight is 355 g/mol. The zero-order chi connectivity index (χ0) is 17.0. The van der Waals surface area contributed by atoms with E-state index in [0.29, 0.717) is 10.0 Å². The predicted molar refractivity (Wildman–Crippen MR) is 91.3 cm³/mol. The molecule has 2 aromatic rings. The van der Waals surface area contributed by atoms with Crippen molar-refractivity contribution in [3.8, 4) is 0 Å². The normalized spacial score (nSPS) is 11.9. The lowest BCUT2D eigenvalue weighted by atomic mass is 10.1. The molecule has 2 aromatic carbocycles. The average Bonchev–Trinajstić information content (AvgIpc) is 2.51. The third-order valence-corrected chi connectivity index (χ3v) is 4.21. The largest absolute Gasteiger partial charge is 0.331 e. The number of nitrogens with one attached hydrogen (secondary N) is 1. The molecule has 0 saturated heterocycles. The van der Waals surface area contributed by atoms with Crippen molar-refractivity contribution in [3.63, 3.8) is 0 Å². The molecule has 6 heteroatoms. The summed E-state index contributed by atoms with van der Waals surface area (Å²) in [7, 11) is 1.58. The van der Waals surface area contributed by atoms with Crippen molar-refractivity contribution in [3.05, 3.63) is 69.5 Å². The smallest absolute Gasteiger partial charge is 0.317 e. The second-order valence-electron chi connectivity index (χ2n) is 5.25. The molecular formula is C17H17Cl2FN2O. The maximum atomic E-state index is 13.8. The first-order valence-corrected chi connectivity index (χ1v) is 7.84. The number of carbonyl (C=O) groups excluding carboxylic acids is 1. The minimum atomic E-state index is -0.434. The minimum Gasteiger partial charge on any atom is -0.331 e. The standard InChI is InChI=1S/C17H17Cl2FN2O/c1-11(12-6-3-4-7-14(12)18)21-17(23)22(2)10-13-15(19)8-5-9-16(13)20/h3-9,11H,10H2,1-2H3,(H,21,23). The number of urea groups is 1. The Morgan fingerprint density at radius 1 is 1.17 bits per heavy atom. The molecule has 3 nitrogen and oxygen atoms in total. The van der Waals surface area contributed by atoms with E-state index in [0.717, 1.165) is 5.56 Å². The predicted octanol–water partition coefficient (Wildman–Crippen LogP) is 5.04. The van der Waals surface area contributed by atoms with Crippen LogP contribution in [-0.2, 0) is 6.54 Å². The van der Waals surface area contributed by atoms with E-state index in [1.165, 1.54) is 17.0 Å². The van der Waals surface area contributed by atoms with E-state index in [1.54, 1.807) is 19.2 Å².